The van der Waals surface area contributed by atoms with Crippen molar-refractivity contribution >= 4 is 5.95 Å². The van der Waals surface area contributed by atoms with Gasteiger partial charge in [-0.2, -0.15) is 0 Å². The van der Waals surface area contributed by atoms with Crippen molar-refractivity contribution in [3.05, 3.63) is 17.5 Å². The lowest BCUT2D eigenvalue weighted by Gasteiger charge is -2.20. The van der Waals surface area contributed by atoms with Crippen molar-refractivity contribution < 1.29 is 5.11 Å². The van der Waals surface area contributed by atoms with Gasteiger partial charge in [0.25, 0.3) is 0 Å². The van der Waals surface area contributed by atoms with Gasteiger partial charge in [0.2, 0.25) is 5.95 Å². The monoisotopic (exact) mass is 235 g/mol. The second kappa shape index (κ2) is 4.26. The highest BCUT2D eigenvalue weighted by atomic mass is 16.3. The Labute approximate surface area is 103 Å². The Bertz CT molecular complexity index is 415. The van der Waals surface area contributed by atoms with E-state index < -0.39 is 5.60 Å². The first kappa shape index (κ1) is 12.3. The van der Waals surface area contributed by atoms with Gasteiger partial charge in [0, 0.05) is 24.5 Å². The van der Waals surface area contributed by atoms with Crippen LogP contribution in [0.5, 0.6) is 0 Å². The number of β-amino-alcohol motifs (C(OH)–C–C–N with tert-alkyl or cyclic N) is 1. The van der Waals surface area contributed by atoms with Gasteiger partial charge in [0.15, 0.2) is 0 Å². The zero-order chi connectivity index (χ0) is 12.6. The summed E-state index contributed by atoms with van der Waals surface area (Å²) in [4.78, 5) is 11.1. The zero-order valence-electron chi connectivity index (χ0n) is 11.1. The van der Waals surface area contributed by atoms with Gasteiger partial charge in [-0.05, 0) is 32.3 Å². The Morgan fingerprint density at radius 3 is 2.65 bits per heavy atom. The van der Waals surface area contributed by atoms with E-state index in [1.54, 1.807) is 0 Å². The topological polar surface area (TPSA) is 49.2 Å². The van der Waals surface area contributed by atoms with Crippen LogP contribution < -0.4 is 4.90 Å². The molecule has 1 aromatic rings. The maximum atomic E-state index is 9.98. The van der Waals surface area contributed by atoms with Crippen molar-refractivity contribution in [2.45, 2.75) is 45.6 Å². The van der Waals surface area contributed by atoms with Crippen LogP contribution in [0.25, 0.3) is 0 Å². The van der Waals surface area contributed by atoms with Crippen LogP contribution in [-0.4, -0.2) is 33.8 Å². The molecule has 2 rings (SSSR count). The van der Waals surface area contributed by atoms with Gasteiger partial charge in [0.05, 0.1) is 5.60 Å². The largest absolute Gasteiger partial charge is 0.388 e. The summed E-state index contributed by atoms with van der Waals surface area (Å²) < 4.78 is 0. The zero-order valence-corrected chi connectivity index (χ0v) is 11.1. The van der Waals surface area contributed by atoms with E-state index in [9.17, 15) is 5.11 Å². The smallest absolute Gasteiger partial charge is 0.225 e. The second-order valence-corrected chi connectivity index (χ2v) is 5.56. The Morgan fingerprint density at radius 1 is 1.41 bits per heavy atom. The van der Waals surface area contributed by atoms with Crippen molar-refractivity contribution in [1.82, 2.24) is 9.97 Å². The van der Waals surface area contributed by atoms with Crippen molar-refractivity contribution in [1.29, 1.82) is 0 Å². The molecule has 1 aliphatic rings. The predicted octanol–water partition coefficient (Wildman–Crippen LogP) is 1.87. The van der Waals surface area contributed by atoms with Crippen LogP contribution in [0.2, 0.25) is 0 Å². The number of aliphatic hydroxyl groups is 1. The van der Waals surface area contributed by atoms with Crippen LogP contribution in [0.15, 0.2) is 6.07 Å². The summed E-state index contributed by atoms with van der Waals surface area (Å²) in [7, 11) is 0. The van der Waals surface area contributed by atoms with E-state index in [0.29, 0.717) is 12.5 Å². The third-order valence-corrected chi connectivity index (χ3v) is 3.19. The lowest BCUT2D eigenvalue weighted by Crippen LogP contribution is -2.30. The highest BCUT2D eigenvalue weighted by Crippen LogP contribution is 2.25. The Kier molecular flexibility index (Phi) is 3.08. The van der Waals surface area contributed by atoms with Crippen molar-refractivity contribution in [3.8, 4) is 0 Å². The third-order valence-electron chi connectivity index (χ3n) is 3.19. The number of aromatic nitrogens is 2. The van der Waals surface area contributed by atoms with Gasteiger partial charge >= 0.3 is 0 Å². The summed E-state index contributed by atoms with van der Waals surface area (Å²) >= 11 is 0. The number of nitrogens with zero attached hydrogens (tertiary/aromatic N) is 3. The summed E-state index contributed by atoms with van der Waals surface area (Å²) in [6.07, 6.45) is 0.779. The molecule has 1 atom stereocenters. The first-order chi connectivity index (χ1) is 7.87. The normalized spacial score (nSPS) is 24.7. The summed E-state index contributed by atoms with van der Waals surface area (Å²) in [6.45, 7) is 9.57. The minimum Gasteiger partial charge on any atom is -0.388 e. The average molecular weight is 235 g/mol. The number of anilines is 1. The molecule has 2 heterocycles. The Morgan fingerprint density at radius 2 is 2.12 bits per heavy atom. The average Bonchev–Trinajstić information content (AvgIpc) is 2.58. The molecular formula is C13H21N3O. The van der Waals surface area contributed by atoms with Crippen LogP contribution in [0.4, 0.5) is 5.95 Å². The van der Waals surface area contributed by atoms with Crippen molar-refractivity contribution in [3.63, 3.8) is 0 Å². The van der Waals surface area contributed by atoms with E-state index in [1.807, 2.05) is 19.9 Å². The highest BCUT2D eigenvalue weighted by molar-refractivity contribution is 5.35. The van der Waals surface area contributed by atoms with E-state index in [2.05, 4.69) is 28.7 Å². The van der Waals surface area contributed by atoms with Crippen LogP contribution in [0, 0.1) is 6.92 Å². The Hall–Kier alpha value is -1.16. The van der Waals surface area contributed by atoms with Crippen LogP contribution in [-0.2, 0) is 0 Å². The maximum Gasteiger partial charge on any atom is 0.225 e. The minimum atomic E-state index is -0.606. The number of hydrogen-bond donors (Lipinski definition) is 1. The van der Waals surface area contributed by atoms with Crippen molar-refractivity contribution in [2.24, 2.45) is 0 Å². The van der Waals surface area contributed by atoms with Crippen LogP contribution >= 0.6 is 0 Å². The van der Waals surface area contributed by atoms with E-state index >= 15 is 0 Å². The van der Waals surface area contributed by atoms with Crippen LogP contribution in [0.1, 0.15) is 44.5 Å². The number of rotatable bonds is 2. The van der Waals surface area contributed by atoms with Gasteiger partial charge in [-0.15, -0.1) is 0 Å². The third kappa shape index (κ3) is 2.75. The quantitative estimate of drug-likeness (QED) is 0.850. The fourth-order valence-electron chi connectivity index (χ4n) is 2.13. The summed E-state index contributed by atoms with van der Waals surface area (Å²) in [6, 6.07) is 2.03. The molecule has 1 saturated heterocycles. The molecule has 0 saturated carbocycles. The van der Waals surface area contributed by atoms with Crippen molar-refractivity contribution in [2.75, 3.05) is 18.0 Å². The van der Waals surface area contributed by atoms with Gasteiger partial charge in [-0.3, -0.25) is 0 Å². The molecule has 0 aromatic carbocycles. The van der Waals surface area contributed by atoms with Gasteiger partial charge in [0.1, 0.15) is 0 Å². The van der Waals surface area contributed by atoms with Crippen LogP contribution in [0.3, 0.4) is 0 Å². The molecule has 0 bridgehead atoms. The molecular weight excluding hydrogens is 214 g/mol. The molecule has 0 amide bonds. The van der Waals surface area contributed by atoms with E-state index in [4.69, 9.17) is 0 Å². The predicted molar refractivity (Wildman–Crippen MR) is 68.3 cm³/mol. The lowest BCUT2D eigenvalue weighted by molar-refractivity contribution is 0.0838. The minimum absolute atomic E-state index is 0.401. The molecule has 4 nitrogen and oxygen atoms in total. The molecule has 1 N–H and O–H groups in total. The van der Waals surface area contributed by atoms with Gasteiger partial charge in [-0.1, -0.05) is 13.8 Å². The fraction of sp³-hybridized carbons (Fsp3) is 0.692. The number of aryl methyl sites for hydroxylation is 1. The molecule has 0 aliphatic carbocycles. The van der Waals surface area contributed by atoms with Gasteiger partial charge in [-0.25, -0.2) is 9.97 Å². The SMILES string of the molecule is Cc1cc(C(C)C)nc(N2CCC(C)(O)C2)n1. The first-order valence-electron chi connectivity index (χ1n) is 6.20. The molecule has 0 radical (unpaired) electrons. The molecule has 4 heteroatoms. The highest BCUT2D eigenvalue weighted by Gasteiger charge is 2.32. The molecule has 1 unspecified atom stereocenters. The fourth-order valence-corrected chi connectivity index (χ4v) is 2.13. The van der Waals surface area contributed by atoms with E-state index in [-0.39, 0.29) is 0 Å². The second-order valence-electron chi connectivity index (χ2n) is 5.56. The van der Waals surface area contributed by atoms with E-state index in [1.165, 1.54) is 0 Å². The van der Waals surface area contributed by atoms with Gasteiger partial charge < -0.3 is 10.0 Å². The standard InChI is InChI=1S/C13H21N3O/c1-9(2)11-7-10(3)14-12(15-11)16-6-5-13(4,17)8-16/h7,9,17H,5-6,8H2,1-4H3. The Balaban J connectivity index is 2.27. The molecule has 1 aromatic heterocycles. The summed E-state index contributed by atoms with van der Waals surface area (Å²) in [5, 5.41) is 9.98. The lowest BCUT2D eigenvalue weighted by atomic mass is 10.1. The molecule has 94 valence electrons. The summed E-state index contributed by atoms with van der Waals surface area (Å²) in [5.41, 5.74) is 1.45. The molecule has 1 aliphatic heterocycles. The number of hydrogen-bond acceptors (Lipinski definition) is 4. The molecule has 0 spiro atoms. The maximum absolute atomic E-state index is 9.98. The van der Waals surface area contributed by atoms with E-state index in [0.717, 1.165) is 30.3 Å². The molecule has 17 heavy (non-hydrogen) atoms. The molecule has 1 fully saturated rings. The summed E-state index contributed by atoms with van der Waals surface area (Å²) in [5.74, 6) is 1.16. The first-order valence-corrected chi connectivity index (χ1v) is 6.20.